The molecular formula is C21H20ClFN4OS. The number of hydrogen-bond donors (Lipinski definition) is 1. The molecule has 4 rings (SSSR count). The summed E-state index contributed by atoms with van der Waals surface area (Å²) in [6.07, 6.45) is 0. The van der Waals surface area contributed by atoms with Gasteiger partial charge in [-0.25, -0.2) is 9.07 Å². The van der Waals surface area contributed by atoms with Crippen LogP contribution in [0.4, 0.5) is 4.39 Å². The number of Topliss-reactive ketones (excluding diaryl/α,β-unsaturated/α-hetero) is 1. The number of rotatable bonds is 3. The van der Waals surface area contributed by atoms with E-state index in [0.29, 0.717) is 15.7 Å². The van der Waals surface area contributed by atoms with Crippen LogP contribution in [0.15, 0.2) is 53.7 Å². The van der Waals surface area contributed by atoms with Crippen molar-refractivity contribution in [2.24, 2.45) is 0 Å². The average Bonchev–Trinajstić information content (AvgIpc) is 3.11. The van der Waals surface area contributed by atoms with E-state index in [-0.39, 0.29) is 23.1 Å². The second-order valence-corrected chi connectivity index (χ2v) is 9.50. The molecule has 0 radical (unpaired) electrons. The fourth-order valence-corrected chi connectivity index (χ4v) is 4.52. The van der Waals surface area contributed by atoms with Gasteiger partial charge in [-0.05, 0) is 42.0 Å². The summed E-state index contributed by atoms with van der Waals surface area (Å²) in [5.74, 6) is 0.306. The highest BCUT2D eigenvalue weighted by Gasteiger charge is 2.39. The number of aromatic nitrogens is 3. The molecule has 0 saturated carbocycles. The number of halogens is 2. The lowest BCUT2D eigenvalue weighted by Gasteiger charge is -2.34. The molecule has 1 aliphatic heterocycles. The van der Waals surface area contributed by atoms with Crippen molar-refractivity contribution in [2.75, 3.05) is 5.43 Å². The van der Waals surface area contributed by atoms with Gasteiger partial charge in [0.25, 0.3) is 0 Å². The van der Waals surface area contributed by atoms with Gasteiger partial charge in [0.1, 0.15) is 11.1 Å². The van der Waals surface area contributed by atoms with Crippen molar-refractivity contribution in [3.8, 4) is 0 Å². The highest BCUT2D eigenvalue weighted by Crippen LogP contribution is 2.40. The Morgan fingerprint density at radius 1 is 1.10 bits per heavy atom. The molecule has 0 bridgehead atoms. The summed E-state index contributed by atoms with van der Waals surface area (Å²) >= 11 is 7.41. The van der Waals surface area contributed by atoms with Crippen LogP contribution in [0.2, 0.25) is 5.02 Å². The lowest BCUT2D eigenvalue weighted by molar-refractivity contribution is 0.0980. The third kappa shape index (κ3) is 3.89. The number of fused-ring (bicyclic) bond motifs is 1. The molecule has 1 N–H and O–H groups in total. The summed E-state index contributed by atoms with van der Waals surface area (Å²) in [6.45, 7) is 6.18. The zero-order chi connectivity index (χ0) is 20.8. The summed E-state index contributed by atoms with van der Waals surface area (Å²) in [7, 11) is 0. The van der Waals surface area contributed by atoms with E-state index in [4.69, 9.17) is 11.6 Å². The lowest BCUT2D eigenvalue weighted by atomic mass is 9.95. The molecular weight excluding hydrogens is 411 g/mol. The highest BCUT2D eigenvalue weighted by atomic mass is 35.5. The SMILES string of the molecule is CC(C)(C)c1nnc2n1N[C@H](c1ccc(Cl)cc1)[C@@H](C(=O)c1ccc(F)cc1)S2. The van der Waals surface area contributed by atoms with Gasteiger partial charge in [-0.1, -0.05) is 56.3 Å². The minimum absolute atomic E-state index is 0.103. The summed E-state index contributed by atoms with van der Waals surface area (Å²) in [4.78, 5) is 13.3. The van der Waals surface area contributed by atoms with E-state index in [1.165, 1.54) is 36.0 Å². The van der Waals surface area contributed by atoms with Crippen molar-refractivity contribution >= 4 is 29.1 Å². The monoisotopic (exact) mass is 430 g/mol. The molecule has 150 valence electrons. The molecule has 0 fully saturated rings. The maximum atomic E-state index is 13.3. The van der Waals surface area contributed by atoms with E-state index >= 15 is 0 Å². The van der Waals surface area contributed by atoms with Gasteiger partial charge >= 0.3 is 0 Å². The van der Waals surface area contributed by atoms with Crippen LogP contribution >= 0.6 is 23.4 Å². The maximum Gasteiger partial charge on any atom is 0.210 e. The Bertz CT molecular complexity index is 1040. The van der Waals surface area contributed by atoms with Crippen LogP contribution in [0.5, 0.6) is 0 Å². The molecule has 2 heterocycles. The number of benzene rings is 2. The fourth-order valence-electron chi connectivity index (χ4n) is 3.24. The number of carbonyl (C=O) groups is 1. The van der Waals surface area contributed by atoms with Gasteiger partial charge in [-0.15, -0.1) is 10.2 Å². The molecule has 1 aliphatic rings. The second kappa shape index (κ2) is 7.46. The van der Waals surface area contributed by atoms with E-state index < -0.39 is 5.25 Å². The first-order valence-corrected chi connectivity index (χ1v) is 10.4. The summed E-state index contributed by atoms with van der Waals surface area (Å²) in [5, 5.41) is 9.38. The summed E-state index contributed by atoms with van der Waals surface area (Å²) < 4.78 is 15.2. The van der Waals surface area contributed by atoms with E-state index in [0.717, 1.165) is 11.4 Å². The van der Waals surface area contributed by atoms with Crippen LogP contribution < -0.4 is 5.43 Å². The molecule has 0 amide bonds. The Kier molecular flexibility index (Phi) is 5.12. The van der Waals surface area contributed by atoms with Crippen LogP contribution in [0.3, 0.4) is 0 Å². The predicted octanol–water partition coefficient (Wildman–Crippen LogP) is 5.01. The van der Waals surface area contributed by atoms with Gasteiger partial charge < -0.3 is 5.43 Å². The Hall–Kier alpha value is -2.38. The van der Waals surface area contributed by atoms with Crippen molar-refractivity contribution in [3.05, 3.63) is 76.3 Å². The van der Waals surface area contributed by atoms with E-state index in [1.54, 1.807) is 12.1 Å². The number of nitrogens with zero attached hydrogens (tertiary/aromatic N) is 3. The van der Waals surface area contributed by atoms with Crippen molar-refractivity contribution in [1.82, 2.24) is 14.9 Å². The smallest absolute Gasteiger partial charge is 0.210 e. The number of thioether (sulfide) groups is 1. The average molecular weight is 431 g/mol. The van der Waals surface area contributed by atoms with Crippen molar-refractivity contribution < 1.29 is 9.18 Å². The molecule has 3 aromatic rings. The second-order valence-electron chi connectivity index (χ2n) is 7.96. The molecule has 2 atom stereocenters. The van der Waals surface area contributed by atoms with Gasteiger partial charge in [0.05, 0.1) is 6.04 Å². The van der Waals surface area contributed by atoms with Gasteiger partial charge in [-0.2, -0.15) is 0 Å². The number of ketones is 1. The van der Waals surface area contributed by atoms with Gasteiger partial charge in [0, 0.05) is 16.0 Å². The van der Waals surface area contributed by atoms with Crippen molar-refractivity contribution in [3.63, 3.8) is 0 Å². The molecule has 0 unspecified atom stereocenters. The first-order chi connectivity index (χ1) is 13.7. The zero-order valence-corrected chi connectivity index (χ0v) is 17.8. The molecule has 1 aromatic heterocycles. The van der Waals surface area contributed by atoms with Crippen LogP contribution in [-0.2, 0) is 5.41 Å². The molecule has 0 saturated heterocycles. The molecule has 29 heavy (non-hydrogen) atoms. The third-order valence-electron chi connectivity index (χ3n) is 4.72. The minimum atomic E-state index is -0.494. The van der Waals surface area contributed by atoms with E-state index in [2.05, 4.69) is 36.4 Å². The van der Waals surface area contributed by atoms with Gasteiger partial charge in [-0.3, -0.25) is 4.79 Å². The number of hydrogen-bond acceptors (Lipinski definition) is 5. The standard InChI is InChI=1S/C21H20ClFN4OS/c1-21(2,3)19-24-25-20-27(19)26-16(12-4-8-14(22)9-5-12)18(29-20)17(28)13-6-10-15(23)11-7-13/h4-11,16,18,26H,1-3H3/t16-,18+/m1/s1. The largest absolute Gasteiger partial charge is 0.313 e. The predicted molar refractivity (Wildman–Crippen MR) is 113 cm³/mol. The number of nitrogens with one attached hydrogen (secondary N) is 1. The topological polar surface area (TPSA) is 59.8 Å². The quantitative estimate of drug-likeness (QED) is 0.592. The van der Waals surface area contributed by atoms with Gasteiger partial charge in [0.15, 0.2) is 11.6 Å². The van der Waals surface area contributed by atoms with Crippen LogP contribution in [0.25, 0.3) is 0 Å². The molecule has 0 spiro atoms. The summed E-state index contributed by atoms with van der Waals surface area (Å²) in [6, 6.07) is 12.7. The highest BCUT2D eigenvalue weighted by molar-refractivity contribution is 8.00. The minimum Gasteiger partial charge on any atom is -0.313 e. The Balaban J connectivity index is 1.77. The van der Waals surface area contributed by atoms with Gasteiger partial charge in [0.2, 0.25) is 5.16 Å². The van der Waals surface area contributed by atoms with E-state index in [1.807, 2.05) is 16.8 Å². The Morgan fingerprint density at radius 2 is 1.76 bits per heavy atom. The van der Waals surface area contributed by atoms with E-state index in [9.17, 15) is 9.18 Å². The lowest BCUT2D eigenvalue weighted by Crippen LogP contribution is -2.40. The molecule has 8 heteroatoms. The normalized spacial score (nSPS) is 18.8. The molecule has 0 aliphatic carbocycles. The van der Waals surface area contributed by atoms with Crippen LogP contribution in [0, 0.1) is 5.82 Å². The number of carbonyl (C=O) groups excluding carboxylic acids is 1. The first-order valence-electron chi connectivity index (χ1n) is 9.18. The fraction of sp³-hybridized carbons (Fsp3) is 0.286. The van der Waals surface area contributed by atoms with Crippen LogP contribution in [0.1, 0.15) is 48.6 Å². The van der Waals surface area contributed by atoms with Crippen molar-refractivity contribution in [2.45, 2.75) is 42.6 Å². The molecule has 2 aromatic carbocycles. The van der Waals surface area contributed by atoms with Crippen LogP contribution in [-0.4, -0.2) is 25.9 Å². The zero-order valence-electron chi connectivity index (χ0n) is 16.2. The Morgan fingerprint density at radius 3 is 2.38 bits per heavy atom. The maximum absolute atomic E-state index is 13.3. The third-order valence-corrected chi connectivity index (χ3v) is 6.19. The Labute approximate surface area is 177 Å². The molecule has 5 nitrogen and oxygen atoms in total. The first kappa shape index (κ1) is 19.9. The van der Waals surface area contributed by atoms with Crippen molar-refractivity contribution in [1.29, 1.82) is 0 Å². The summed E-state index contributed by atoms with van der Waals surface area (Å²) in [5.41, 5.74) is 4.58.